The van der Waals surface area contributed by atoms with E-state index in [-0.39, 0.29) is 11.9 Å². The standard InChI is InChI=1S/C22H24N2O3S2/c1-5-27-21(26)16-7-9-18-19(13-16)29-22(24(18)10-11-28-4)23-20(25)17-8-6-14(2)12-15(17)3/h6-9,12-13H,5,10-11H2,1-4H3. The third kappa shape index (κ3) is 4.79. The van der Waals surface area contributed by atoms with Crippen LogP contribution in [0.25, 0.3) is 10.2 Å². The maximum atomic E-state index is 12.9. The molecule has 0 aliphatic heterocycles. The minimum atomic E-state index is -0.344. The first-order valence-electron chi connectivity index (χ1n) is 9.40. The Kier molecular flexibility index (Phi) is 6.92. The molecule has 0 aliphatic rings. The second kappa shape index (κ2) is 9.41. The van der Waals surface area contributed by atoms with Crippen LogP contribution in [0.5, 0.6) is 0 Å². The highest BCUT2D eigenvalue weighted by atomic mass is 32.2. The first kappa shape index (κ1) is 21.3. The van der Waals surface area contributed by atoms with Gasteiger partial charge in [-0.15, -0.1) is 0 Å². The van der Waals surface area contributed by atoms with E-state index >= 15 is 0 Å². The van der Waals surface area contributed by atoms with E-state index in [1.54, 1.807) is 24.8 Å². The molecule has 1 aromatic heterocycles. The van der Waals surface area contributed by atoms with Crippen LogP contribution in [0.1, 0.15) is 38.8 Å². The first-order valence-corrected chi connectivity index (χ1v) is 11.6. The molecule has 1 amide bonds. The maximum absolute atomic E-state index is 12.9. The average molecular weight is 429 g/mol. The highest BCUT2D eigenvalue weighted by Gasteiger charge is 2.14. The van der Waals surface area contributed by atoms with Gasteiger partial charge in [-0.3, -0.25) is 4.79 Å². The van der Waals surface area contributed by atoms with E-state index in [0.717, 1.165) is 33.6 Å². The molecule has 0 aliphatic carbocycles. The van der Waals surface area contributed by atoms with Gasteiger partial charge in [0.25, 0.3) is 5.91 Å². The lowest BCUT2D eigenvalue weighted by Gasteiger charge is -2.05. The van der Waals surface area contributed by atoms with Crippen molar-refractivity contribution in [2.24, 2.45) is 4.99 Å². The molecule has 3 rings (SSSR count). The number of thioether (sulfide) groups is 1. The Labute approximate surface area is 178 Å². The number of fused-ring (bicyclic) bond motifs is 1. The summed E-state index contributed by atoms with van der Waals surface area (Å²) in [6, 6.07) is 11.2. The number of ether oxygens (including phenoxy) is 1. The predicted octanol–water partition coefficient (Wildman–Crippen LogP) is 4.60. The maximum Gasteiger partial charge on any atom is 0.338 e. The van der Waals surface area contributed by atoms with Crippen molar-refractivity contribution in [3.8, 4) is 0 Å². The van der Waals surface area contributed by atoms with Gasteiger partial charge in [-0.25, -0.2) is 4.79 Å². The van der Waals surface area contributed by atoms with Gasteiger partial charge in [-0.2, -0.15) is 16.8 Å². The molecule has 152 valence electrons. The number of benzene rings is 2. The first-order chi connectivity index (χ1) is 13.9. The predicted molar refractivity (Wildman–Crippen MR) is 120 cm³/mol. The van der Waals surface area contributed by atoms with Gasteiger partial charge < -0.3 is 9.30 Å². The Morgan fingerprint density at radius 3 is 2.66 bits per heavy atom. The molecule has 0 N–H and O–H groups in total. The lowest BCUT2D eigenvalue weighted by atomic mass is 10.1. The van der Waals surface area contributed by atoms with E-state index in [2.05, 4.69) is 4.99 Å². The molecule has 0 bridgehead atoms. The van der Waals surface area contributed by atoms with Gasteiger partial charge in [0.1, 0.15) is 0 Å². The minimum Gasteiger partial charge on any atom is -0.462 e. The third-order valence-electron chi connectivity index (χ3n) is 4.52. The molecule has 0 saturated heterocycles. The smallest absolute Gasteiger partial charge is 0.338 e. The van der Waals surface area contributed by atoms with Gasteiger partial charge in [0.05, 0.1) is 22.4 Å². The van der Waals surface area contributed by atoms with Crippen molar-refractivity contribution < 1.29 is 14.3 Å². The zero-order valence-corrected chi connectivity index (χ0v) is 18.7. The normalized spacial score (nSPS) is 11.8. The van der Waals surface area contributed by atoms with Crippen LogP contribution in [0.3, 0.4) is 0 Å². The van der Waals surface area contributed by atoms with Gasteiger partial charge >= 0.3 is 5.97 Å². The van der Waals surface area contributed by atoms with Crippen LogP contribution in [-0.4, -0.2) is 35.1 Å². The molecule has 2 aromatic carbocycles. The van der Waals surface area contributed by atoms with Crippen molar-refractivity contribution in [3.05, 3.63) is 63.5 Å². The van der Waals surface area contributed by atoms with Gasteiger partial charge in [-0.05, 0) is 56.9 Å². The summed E-state index contributed by atoms with van der Waals surface area (Å²) in [5.74, 6) is 0.303. The lowest BCUT2D eigenvalue weighted by Crippen LogP contribution is -2.18. The fourth-order valence-corrected chi connectivity index (χ4v) is 4.56. The summed E-state index contributed by atoms with van der Waals surface area (Å²) in [6.07, 6.45) is 2.05. The molecule has 1 heterocycles. The number of thiazole rings is 1. The topological polar surface area (TPSA) is 60.7 Å². The molecule has 5 nitrogen and oxygen atoms in total. The van der Waals surface area contributed by atoms with Crippen molar-refractivity contribution in [1.29, 1.82) is 0 Å². The highest BCUT2D eigenvalue weighted by Crippen LogP contribution is 2.21. The summed E-state index contributed by atoms with van der Waals surface area (Å²) in [5, 5.41) is 0. The molecule has 7 heteroatoms. The molecule has 0 saturated carbocycles. The van der Waals surface area contributed by atoms with Crippen LogP contribution in [0, 0.1) is 13.8 Å². The summed E-state index contributed by atoms with van der Waals surface area (Å²) in [7, 11) is 0. The van der Waals surface area contributed by atoms with Crippen molar-refractivity contribution in [2.45, 2.75) is 27.3 Å². The number of nitrogens with zero attached hydrogens (tertiary/aromatic N) is 2. The Bertz CT molecular complexity index is 1130. The van der Waals surface area contributed by atoms with E-state index in [1.807, 2.05) is 55.0 Å². The molecular formula is C22H24N2O3S2. The van der Waals surface area contributed by atoms with Crippen LogP contribution >= 0.6 is 23.1 Å². The molecule has 0 spiro atoms. The summed E-state index contributed by atoms with van der Waals surface area (Å²) >= 11 is 3.15. The second-order valence-corrected chi connectivity index (χ2v) is 8.66. The summed E-state index contributed by atoms with van der Waals surface area (Å²) in [6.45, 7) is 6.78. The van der Waals surface area contributed by atoms with Gasteiger partial charge in [0.2, 0.25) is 0 Å². The van der Waals surface area contributed by atoms with Crippen molar-refractivity contribution in [1.82, 2.24) is 4.57 Å². The van der Waals surface area contributed by atoms with E-state index in [9.17, 15) is 9.59 Å². The number of rotatable bonds is 6. The molecule has 3 aromatic rings. The van der Waals surface area contributed by atoms with Crippen LogP contribution in [-0.2, 0) is 11.3 Å². The van der Waals surface area contributed by atoms with Crippen LogP contribution in [0.4, 0.5) is 0 Å². The number of hydrogen-bond donors (Lipinski definition) is 0. The number of carbonyl (C=O) groups is 2. The van der Waals surface area contributed by atoms with Crippen molar-refractivity contribution in [3.63, 3.8) is 0 Å². The Morgan fingerprint density at radius 1 is 1.17 bits per heavy atom. The molecule has 0 atom stereocenters. The Morgan fingerprint density at radius 2 is 1.97 bits per heavy atom. The number of aromatic nitrogens is 1. The van der Waals surface area contributed by atoms with Crippen LogP contribution < -0.4 is 4.80 Å². The zero-order chi connectivity index (χ0) is 21.0. The highest BCUT2D eigenvalue weighted by molar-refractivity contribution is 7.98. The number of esters is 1. The molecule has 0 unspecified atom stereocenters. The fourth-order valence-electron chi connectivity index (χ4n) is 3.10. The summed E-state index contributed by atoms with van der Waals surface area (Å²) in [5.41, 5.74) is 4.10. The zero-order valence-electron chi connectivity index (χ0n) is 17.0. The van der Waals surface area contributed by atoms with Crippen LogP contribution in [0.2, 0.25) is 0 Å². The molecule has 0 radical (unpaired) electrons. The number of amides is 1. The largest absolute Gasteiger partial charge is 0.462 e. The summed E-state index contributed by atoms with van der Waals surface area (Å²) < 4.78 is 8.06. The third-order valence-corrected chi connectivity index (χ3v) is 6.15. The number of carbonyl (C=O) groups excluding carboxylic acids is 2. The van der Waals surface area contributed by atoms with Crippen molar-refractivity contribution >= 4 is 45.2 Å². The average Bonchev–Trinajstić information content (AvgIpc) is 3.02. The molecule has 29 heavy (non-hydrogen) atoms. The molecule has 0 fully saturated rings. The van der Waals surface area contributed by atoms with E-state index in [1.165, 1.54) is 11.3 Å². The van der Waals surface area contributed by atoms with E-state index < -0.39 is 0 Å². The minimum absolute atomic E-state index is 0.252. The van der Waals surface area contributed by atoms with E-state index in [0.29, 0.717) is 22.5 Å². The Hall–Kier alpha value is -2.38. The quantitative estimate of drug-likeness (QED) is 0.538. The van der Waals surface area contributed by atoms with Gasteiger partial charge in [-0.1, -0.05) is 29.0 Å². The Balaban J connectivity index is 2.10. The van der Waals surface area contributed by atoms with Crippen LogP contribution in [0.15, 0.2) is 41.4 Å². The SMILES string of the molecule is CCOC(=O)c1ccc2c(c1)sc(=NC(=O)c1ccc(C)cc1C)n2CCSC. The summed E-state index contributed by atoms with van der Waals surface area (Å²) in [4.78, 5) is 30.0. The lowest BCUT2D eigenvalue weighted by molar-refractivity contribution is 0.0526. The fraction of sp³-hybridized carbons (Fsp3) is 0.318. The van der Waals surface area contributed by atoms with Gasteiger partial charge in [0, 0.05) is 17.9 Å². The van der Waals surface area contributed by atoms with Crippen molar-refractivity contribution in [2.75, 3.05) is 18.6 Å². The van der Waals surface area contributed by atoms with Gasteiger partial charge in [0.15, 0.2) is 4.80 Å². The molecular weight excluding hydrogens is 404 g/mol. The number of aryl methyl sites for hydroxylation is 3. The second-order valence-electron chi connectivity index (χ2n) is 6.67. The monoisotopic (exact) mass is 428 g/mol. The van der Waals surface area contributed by atoms with E-state index in [4.69, 9.17) is 4.74 Å². The number of hydrogen-bond acceptors (Lipinski definition) is 5.